The largest absolute Gasteiger partial charge is 0.384 e. The van der Waals surface area contributed by atoms with Gasteiger partial charge in [-0.1, -0.05) is 0 Å². The van der Waals surface area contributed by atoms with E-state index in [4.69, 9.17) is 0 Å². The minimum Gasteiger partial charge on any atom is -0.384 e. The molecule has 1 saturated carbocycles. The van der Waals surface area contributed by atoms with E-state index in [0.29, 0.717) is 10.1 Å². The fraction of sp³-hybridized carbons (Fsp3) is 0.571. The van der Waals surface area contributed by atoms with Crippen molar-refractivity contribution in [2.24, 2.45) is 0 Å². The Morgan fingerprint density at radius 1 is 1.35 bits per heavy atom. The molecule has 0 aromatic heterocycles. The van der Waals surface area contributed by atoms with E-state index >= 15 is 0 Å². The quantitative estimate of drug-likeness (QED) is 0.895. The first-order valence-electron chi connectivity index (χ1n) is 7.00. The van der Waals surface area contributed by atoms with E-state index in [-0.39, 0.29) is 6.04 Å². The van der Waals surface area contributed by atoms with Crippen molar-refractivity contribution in [3.8, 4) is 0 Å². The van der Waals surface area contributed by atoms with Crippen LogP contribution in [0.2, 0.25) is 0 Å². The van der Waals surface area contributed by atoms with Crippen LogP contribution in [0.5, 0.6) is 0 Å². The Kier molecular flexibility index (Phi) is 3.97. The van der Waals surface area contributed by atoms with E-state index in [1.165, 1.54) is 0 Å². The molecular weight excluding hydrogens is 292 g/mol. The zero-order valence-electron chi connectivity index (χ0n) is 11.6. The number of nitrogens with one attached hydrogen (secondary N) is 2. The maximum absolute atomic E-state index is 12.4. The van der Waals surface area contributed by atoms with Crippen LogP contribution >= 0.6 is 11.8 Å². The van der Waals surface area contributed by atoms with Crippen LogP contribution < -0.4 is 10.0 Å². The number of sulfonamides is 1. The van der Waals surface area contributed by atoms with Gasteiger partial charge in [-0.2, -0.15) is 11.8 Å². The molecule has 1 aliphatic carbocycles. The Labute approximate surface area is 124 Å². The Balaban J connectivity index is 1.75. The topological polar surface area (TPSA) is 58.2 Å². The van der Waals surface area contributed by atoms with Gasteiger partial charge in [-0.3, -0.25) is 0 Å². The predicted molar refractivity (Wildman–Crippen MR) is 83.9 cm³/mol. The zero-order chi connectivity index (χ0) is 14.2. The average molecular weight is 312 g/mol. The average Bonchev–Trinajstić information content (AvgIpc) is 3.05. The second-order valence-electron chi connectivity index (χ2n) is 5.48. The van der Waals surface area contributed by atoms with Gasteiger partial charge >= 0.3 is 0 Å². The van der Waals surface area contributed by atoms with Crippen molar-refractivity contribution in [2.45, 2.75) is 41.9 Å². The van der Waals surface area contributed by atoms with Crippen molar-refractivity contribution in [3.05, 3.63) is 23.8 Å². The minimum atomic E-state index is -3.38. The minimum absolute atomic E-state index is 0.0869. The van der Waals surface area contributed by atoms with Crippen molar-refractivity contribution < 1.29 is 8.42 Å². The lowest BCUT2D eigenvalue weighted by Gasteiger charge is -2.14. The van der Waals surface area contributed by atoms with Crippen molar-refractivity contribution in [1.82, 2.24) is 4.72 Å². The highest BCUT2D eigenvalue weighted by atomic mass is 32.2. The van der Waals surface area contributed by atoms with Crippen LogP contribution in [0.25, 0.3) is 0 Å². The molecule has 1 aromatic carbocycles. The van der Waals surface area contributed by atoms with Crippen LogP contribution in [0.1, 0.15) is 24.8 Å². The fourth-order valence-electron chi connectivity index (χ4n) is 3.00. The van der Waals surface area contributed by atoms with Gasteiger partial charge in [-0.05, 0) is 55.7 Å². The van der Waals surface area contributed by atoms with E-state index in [2.05, 4.69) is 16.3 Å². The number of fused-ring (bicyclic) bond motifs is 1. The summed E-state index contributed by atoms with van der Waals surface area (Å²) in [6, 6.07) is 5.46. The van der Waals surface area contributed by atoms with Gasteiger partial charge in [-0.15, -0.1) is 0 Å². The molecule has 1 heterocycles. The normalized spacial score (nSPS) is 25.4. The summed E-state index contributed by atoms with van der Waals surface area (Å²) in [6.07, 6.45) is 5.97. The molecule has 0 spiro atoms. The zero-order valence-corrected chi connectivity index (χ0v) is 13.2. The number of benzene rings is 1. The summed E-state index contributed by atoms with van der Waals surface area (Å²) in [5.74, 6) is 0. The summed E-state index contributed by atoms with van der Waals surface area (Å²) in [7, 11) is -3.38. The molecule has 0 radical (unpaired) electrons. The number of hydrogen-bond donors (Lipinski definition) is 2. The van der Waals surface area contributed by atoms with Gasteiger partial charge < -0.3 is 5.32 Å². The molecular formula is C14H20N2O2S2. The Bertz CT molecular complexity index is 601. The number of thioether (sulfide) groups is 1. The van der Waals surface area contributed by atoms with Crippen molar-refractivity contribution in [1.29, 1.82) is 0 Å². The lowest BCUT2D eigenvalue weighted by atomic mass is 10.2. The van der Waals surface area contributed by atoms with Gasteiger partial charge in [-0.25, -0.2) is 13.1 Å². The Morgan fingerprint density at radius 2 is 2.20 bits per heavy atom. The van der Waals surface area contributed by atoms with Gasteiger partial charge in [0.05, 0.1) is 4.90 Å². The van der Waals surface area contributed by atoms with E-state index in [9.17, 15) is 8.42 Å². The van der Waals surface area contributed by atoms with Crippen LogP contribution in [0.4, 0.5) is 5.69 Å². The Morgan fingerprint density at radius 3 is 2.95 bits per heavy atom. The molecule has 0 bridgehead atoms. The molecule has 110 valence electrons. The Hall–Kier alpha value is -0.720. The second kappa shape index (κ2) is 5.58. The highest BCUT2D eigenvalue weighted by Crippen LogP contribution is 2.30. The standard InChI is InChI=1S/C14H20N2O2S2/c1-19-12-3-2-11(9-12)16-20(17,18)13-4-5-14-10(8-13)6-7-15-14/h4-5,8,11-12,15-16H,2-3,6-7,9H2,1H3. The molecule has 2 aliphatic rings. The molecule has 6 heteroatoms. The molecule has 1 fully saturated rings. The van der Waals surface area contributed by atoms with E-state index < -0.39 is 10.0 Å². The molecule has 2 atom stereocenters. The highest BCUT2D eigenvalue weighted by molar-refractivity contribution is 7.99. The third-order valence-electron chi connectivity index (χ3n) is 4.14. The van der Waals surface area contributed by atoms with Gasteiger partial charge in [0.1, 0.15) is 0 Å². The summed E-state index contributed by atoms with van der Waals surface area (Å²) in [4.78, 5) is 0.396. The predicted octanol–water partition coefficient (Wildman–Crippen LogP) is 2.22. The molecule has 2 unspecified atom stereocenters. The number of hydrogen-bond acceptors (Lipinski definition) is 4. The third kappa shape index (κ3) is 2.82. The first-order chi connectivity index (χ1) is 9.58. The molecule has 0 saturated heterocycles. The monoisotopic (exact) mass is 312 g/mol. The van der Waals surface area contributed by atoms with Crippen molar-refractivity contribution >= 4 is 27.5 Å². The molecule has 0 amide bonds. The second-order valence-corrected chi connectivity index (χ2v) is 8.34. The number of rotatable bonds is 4. The molecule has 20 heavy (non-hydrogen) atoms. The lowest BCUT2D eigenvalue weighted by Crippen LogP contribution is -2.33. The van der Waals surface area contributed by atoms with Crippen LogP contribution in [-0.2, 0) is 16.4 Å². The lowest BCUT2D eigenvalue weighted by molar-refractivity contribution is 0.552. The van der Waals surface area contributed by atoms with Crippen LogP contribution in [0, 0.1) is 0 Å². The van der Waals surface area contributed by atoms with Gasteiger partial charge in [0.15, 0.2) is 0 Å². The molecule has 2 N–H and O–H groups in total. The van der Waals surface area contributed by atoms with Gasteiger partial charge in [0, 0.05) is 23.5 Å². The third-order valence-corrected chi connectivity index (χ3v) is 6.75. The number of anilines is 1. The van der Waals surface area contributed by atoms with Crippen LogP contribution in [0.3, 0.4) is 0 Å². The van der Waals surface area contributed by atoms with Gasteiger partial charge in [0.2, 0.25) is 10.0 Å². The first kappa shape index (κ1) is 14.2. The molecule has 1 aromatic rings. The van der Waals surface area contributed by atoms with E-state index in [0.717, 1.165) is 43.5 Å². The first-order valence-corrected chi connectivity index (χ1v) is 9.77. The van der Waals surface area contributed by atoms with Crippen LogP contribution in [-0.4, -0.2) is 32.5 Å². The summed E-state index contributed by atoms with van der Waals surface area (Å²) < 4.78 is 27.8. The fourth-order valence-corrected chi connectivity index (χ4v) is 5.13. The van der Waals surface area contributed by atoms with Crippen molar-refractivity contribution in [3.63, 3.8) is 0 Å². The maximum atomic E-state index is 12.4. The van der Waals surface area contributed by atoms with Crippen molar-refractivity contribution in [2.75, 3.05) is 18.1 Å². The molecule has 3 rings (SSSR count). The molecule has 4 nitrogen and oxygen atoms in total. The summed E-state index contributed by atoms with van der Waals surface area (Å²) in [5.41, 5.74) is 2.16. The van der Waals surface area contributed by atoms with Crippen LogP contribution in [0.15, 0.2) is 23.1 Å². The van der Waals surface area contributed by atoms with E-state index in [1.54, 1.807) is 12.1 Å². The summed E-state index contributed by atoms with van der Waals surface area (Å²) in [5, 5.41) is 3.84. The highest BCUT2D eigenvalue weighted by Gasteiger charge is 2.28. The smallest absolute Gasteiger partial charge is 0.240 e. The van der Waals surface area contributed by atoms with Gasteiger partial charge in [0.25, 0.3) is 0 Å². The SMILES string of the molecule is CSC1CCC(NS(=O)(=O)c2ccc3c(c2)CCN3)C1. The molecule has 1 aliphatic heterocycles. The maximum Gasteiger partial charge on any atom is 0.240 e. The summed E-state index contributed by atoms with van der Waals surface area (Å²) >= 11 is 1.83. The van der Waals surface area contributed by atoms with E-state index in [1.807, 2.05) is 17.8 Å². The summed E-state index contributed by atoms with van der Waals surface area (Å²) in [6.45, 7) is 0.893.